The molecule has 2 heteroatoms. The highest BCUT2D eigenvalue weighted by molar-refractivity contribution is 5.79. The van der Waals surface area contributed by atoms with Gasteiger partial charge in [-0.1, -0.05) is 30.3 Å². The van der Waals surface area contributed by atoms with Crippen molar-refractivity contribution in [1.82, 2.24) is 0 Å². The molecule has 0 spiro atoms. The summed E-state index contributed by atoms with van der Waals surface area (Å²) >= 11 is 0. The van der Waals surface area contributed by atoms with E-state index in [-0.39, 0.29) is 6.10 Å². The number of carbonyl (C=O) groups is 1. The fraction of sp³-hybridized carbons (Fsp3) is 0.364. The second kappa shape index (κ2) is 3.71. The number of Topliss-reactive ketones (excluding diaryl/α,β-unsaturated/α-hetero) is 1. The summed E-state index contributed by atoms with van der Waals surface area (Å²) in [7, 11) is 0. The van der Waals surface area contributed by atoms with Crippen LogP contribution in [0.3, 0.4) is 0 Å². The van der Waals surface area contributed by atoms with Crippen LogP contribution in [-0.2, 0) is 9.53 Å². The number of ether oxygens (including phenoxy) is 1. The van der Waals surface area contributed by atoms with Gasteiger partial charge in [0.2, 0.25) is 0 Å². The Morgan fingerprint density at radius 1 is 1.23 bits per heavy atom. The third kappa shape index (κ3) is 1.95. The molecule has 1 fully saturated rings. The lowest BCUT2D eigenvalue weighted by atomic mass is 10.0. The lowest BCUT2D eigenvalue weighted by Gasteiger charge is -2.21. The van der Waals surface area contributed by atoms with Gasteiger partial charge in [-0.3, -0.25) is 4.79 Å². The van der Waals surface area contributed by atoms with E-state index in [1.807, 2.05) is 30.3 Å². The molecule has 0 aliphatic carbocycles. The number of rotatable bonds is 1. The molecule has 1 heterocycles. The molecule has 2 nitrogen and oxygen atoms in total. The minimum absolute atomic E-state index is 0.0116. The normalized spacial score (nSPS) is 23.1. The Labute approximate surface area is 77.5 Å². The van der Waals surface area contributed by atoms with Gasteiger partial charge in [0.1, 0.15) is 5.78 Å². The monoisotopic (exact) mass is 176 g/mol. The summed E-state index contributed by atoms with van der Waals surface area (Å²) in [5, 5.41) is 0. The van der Waals surface area contributed by atoms with Crippen LogP contribution in [0.15, 0.2) is 30.3 Å². The molecule has 0 aromatic heterocycles. The first-order valence-corrected chi connectivity index (χ1v) is 4.54. The number of hydrogen-bond donors (Lipinski definition) is 0. The fourth-order valence-electron chi connectivity index (χ4n) is 1.56. The van der Waals surface area contributed by atoms with E-state index in [1.54, 1.807) is 0 Å². The van der Waals surface area contributed by atoms with E-state index >= 15 is 0 Å². The third-order valence-electron chi connectivity index (χ3n) is 2.28. The predicted octanol–water partition coefficient (Wildman–Crippen LogP) is 2.11. The SMILES string of the molecule is O=C1CCO[C@H](c2ccccc2)C1. The maximum atomic E-state index is 11.2. The molecule has 68 valence electrons. The van der Waals surface area contributed by atoms with E-state index in [4.69, 9.17) is 4.74 Å². The summed E-state index contributed by atoms with van der Waals surface area (Å²) in [5.41, 5.74) is 1.11. The Bertz CT molecular complexity index is 292. The first-order valence-electron chi connectivity index (χ1n) is 4.54. The van der Waals surface area contributed by atoms with Crippen LogP contribution < -0.4 is 0 Å². The van der Waals surface area contributed by atoms with Crippen LogP contribution in [0, 0.1) is 0 Å². The molecule has 13 heavy (non-hydrogen) atoms. The molecule has 1 aliphatic heterocycles. The van der Waals surface area contributed by atoms with Crippen molar-refractivity contribution in [3.8, 4) is 0 Å². The lowest BCUT2D eigenvalue weighted by molar-refractivity contribution is -0.128. The topological polar surface area (TPSA) is 26.3 Å². The first kappa shape index (κ1) is 8.45. The Kier molecular flexibility index (Phi) is 2.41. The van der Waals surface area contributed by atoms with Gasteiger partial charge in [0, 0.05) is 12.8 Å². The maximum absolute atomic E-state index is 11.2. The fourth-order valence-corrected chi connectivity index (χ4v) is 1.56. The molecule has 1 aromatic rings. The Hall–Kier alpha value is -1.15. The zero-order valence-corrected chi connectivity index (χ0v) is 7.40. The van der Waals surface area contributed by atoms with Gasteiger partial charge in [-0.25, -0.2) is 0 Å². The molecule has 1 atom stereocenters. The molecule has 1 saturated heterocycles. The van der Waals surface area contributed by atoms with E-state index < -0.39 is 0 Å². The molecular formula is C11H12O2. The number of benzene rings is 1. The van der Waals surface area contributed by atoms with E-state index in [2.05, 4.69) is 0 Å². The van der Waals surface area contributed by atoms with Crippen LogP contribution in [0.4, 0.5) is 0 Å². The van der Waals surface area contributed by atoms with Gasteiger partial charge in [0.05, 0.1) is 12.7 Å². The molecule has 0 unspecified atom stereocenters. The van der Waals surface area contributed by atoms with Crippen LogP contribution in [-0.4, -0.2) is 12.4 Å². The van der Waals surface area contributed by atoms with Crippen LogP contribution in [0.2, 0.25) is 0 Å². The molecular weight excluding hydrogens is 164 g/mol. The Morgan fingerprint density at radius 2 is 2.00 bits per heavy atom. The van der Waals surface area contributed by atoms with Crippen molar-refractivity contribution in [3.05, 3.63) is 35.9 Å². The van der Waals surface area contributed by atoms with Crippen LogP contribution >= 0.6 is 0 Å². The van der Waals surface area contributed by atoms with Crippen molar-refractivity contribution in [2.75, 3.05) is 6.61 Å². The standard InChI is InChI=1S/C11H12O2/c12-10-6-7-13-11(8-10)9-4-2-1-3-5-9/h1-5,11H,6-8H2/t11-/m0/s1. The Balaban J connectivity index is 2.13. The van der Waals surface area contributed by atoms with Gasteiger partial charge < -0.3 is 4.74 Å². The summed E-state index contributed by atoms with van der Waals surface area (Å²) in [5.74, 6) is 0.306. The zero-order chi connectivity index (χ0) is 9.10. The number of carbonyl (C=O) groups excluding carboxylic acids is 1. The average Bonchev–Trinajstić information content (AvgIpc) is 2.19. The molecule has 0 bridgehead atoms. The van der Waals surface area contributed by atoms with Gasteiger partial charge in [-0.2, -0.15) is 0 Å². The zero-order valence-electron chi connectivity index (χ0n) is 7.40. The summed E-state index contributed by atoms with van der Waals surface area (Å²) in [4.78, 5) is 11.2. The van der Waals surface area contributed by atoms with Crippen LogP contribution in [0.25, 0.3) is 0 Å². The van der Waals surface area contributed by atoms with Crippen molar-refractivity contribution in [2.24, 2.45) is 0 Å². The summed E-state index contributed by atoms with van der Waals surface area (Å²) in [6.07, 6.45) is 1.09. The van der Waals surface area contributed by atoms with E-state index in [1.165, 1.54) is 0 Å². The minimum Gasteiger partial charge on any atom is -0.373 e. The third-order valence-corrected chi connectivity index (χ3v) is 2.28. The van der Waals surface area contributed by atoms with Crippen molar-refractivity contribution in [3.63, 3.8) is 0 Å². The second-order valence-corrected chi connectivity index (χ2v) is 3.26. The smallest absolute Gasteiger partial charge is 0.138 e. The largest absolute Gasteiger partial charge is 0.373 e. The summed E-state index contributed by atoms with van der Waals surface area (Å²) in [6.45, 7) is 0.568. The highest BCUT2D eigenvalue weighted by Gasteiger charge is 2.20. The molecule has 1 aromatic carbocycles. The van der Waals surface area contributed by atoms with Gasteiger partial charge in [-0.05, 0) is 5.56 Å². The van der Waals surface area contributed by atoms with Gasteiger partial charge in [0.25, 0.3) is 0 Å². The molecule has 0 N–H and O–H groups in total. The minimum atomic E-state index is -0.0116. The molecule has 0 amide bonds. The van der Waals surface area contributed by atoms with Gasteiger partial charge >= 0.3 is 0 Å². The summed E-state index contributed by atoms with van der Waals surface area (Å²) < 4.78 is 5.51. The van der Waals surface area contributed by atoms with Crippen molar-refractivity contribution in [2.45, 2.75) is 18.9 Å². The lowest BCUT2D eigenvalue weighted by Crippen LogP contribution is -2.19. The maximum Gasteiger partial charge on any atom is 0.138 e. The molecule has 1 aliphatic rings. The molecule has 0 saturated carbocycles. The van der Waals surface area contributed by atoms with Crippen LogP contribution in [0.5, 0.6) is 0 Å². The van der Waals surface area contributed by atoms with E-state index in [0.717, 1.165) is 5.56 Å². The van der Waals surface area contributed by atoms with Gasteiger partial charge in [-0.15, -0.1) is 0 Å². The van der Waals surface area contributed by atoms with Crippen molar-refractivity contribution >= 4 is 5.78 Å². The van der Waals surface area contributed by atoms with E-state index in [0.29, 0.717) is 25.2 Å². The van der Waals surface area contributed by atoms with Crippen molar-refractivity contribution < 1.29 is 9.53 Å². The van der Waals surface area contributed by atoms with Gasteiger partial charge in [0.15, 0.2) is 0 Å². The average molecular weight is 176 g/mol. The molecule has 2 rings (SSSR count). The first-order chi connectivity index (χ1) is 6.36. The highest BCUT2D eigenvalue weighted by Crippen LogP contribution is 2.25. The molecule has 0 radical (unpaired) electrons. The second-order valence-electron chi connectivity index (χ2n) is 3.26. The van der Waals surface area contributed by atoms with E-state index in [9.17, 15) is 4.79 Å². The quantitative estimate of drug-likeness (QED) is 0.655. The van der Waals surface area contributed by atoms with Crippen molar-refractivity contribution in [1.29, 1.82) is 0 Å². The number of hydrogen-bond acceptors (Lipinski definition) is 2. The highest BCUT2D eigenvalue weighted by atomic mass is 16.5. The van der Waals surface area contributed by atoms with Crippen LogP contribution in [0.1, 0.15) is 24.5 Å². The number of ketones is 1. The summed E-state index contributed by atoms with van der Waals surface area (Å²) in [6, 6.07) is 9.91. The predicted molar refractivity (Wildman–Crippen MR) is 49.4 cm³/mol. The Morgan fingerprint density at radius 3 is 2.69 bits per heavy atom.